The number of carbonyl (C=O) groups excluding carboxylic acids is 2. The van der Waals surface area contributed by atoms with E-state index < -0.39 is 20.1 Å². The molecule has 3 rings (SSSR count). The highest BCUT2D eigenvalue weighted by Gasteiger charge is 2.47. The highest BCUT2D eigenvalue weighted by Crippen LogP contribution is 2.44. The number of aromatic nitrogens is 1. The van der Waals surface area contributed by atoms with Gasteiger partial charge in [-0.2, -0.15) is 0 Å². The van der Waals surface area contributed by atoms with Gasteiger partial charge in [-0.1, -0.05) is 79.7 Å². The van der Waals surface area contributed by atoms with Crippen LogP contribution >= 0.6 is 0 Å². The average molecular weight is 536 g/mol. The first-order valence-corrected chi connectivity index (χ1v) is 16.0. The summed E-state index contributed by atoms with van der Waals surface area (Å²) in [6, 6.07) is 15.0. The summed E-state index contributed by atoms with van der Waals surface area (Å²) in [4.78, 5) is 22.5. The van der Waals surface area contributed by atoms with Crippen LogP contribution in [0.5, 0.6) is 5.75 Å². The molecule has 0 unspecified atom stereocenters. The van der Waals surface area contributed by atoms with E-state index in [1.54, 1.807) is 0 Å². The van der Waals surface area contributed by atoms with Gasteiger partial charge < -0.3 is 20.0 Å². The van der Waals surface area contributed by atoms with Crippen LogP contribution in [0.25, 0.3) is 10.9 Å². The summed E-state index contributed by atoms with van der Waals surface area (Å²) in [5, 5.41) is 3.72. The van der Waals surface area contributed by atoms with Crippen LogP contribution < -0.4 is 15.5 Å². The predicted molar refractivity (Wildman–Crippen MR) is 159 cm³/mol. The number of primary amides is 1. The van der Waals surface area contributed by atoms with E-state index >= 15 is 0 Å². The predicted octanol–water partition coefficient (Wildman–Crippen LogP) is 6.51. The highest BCUT2D eigenvalue weighted by molar-refractivity contribution is 6.78. The molecule has 2 aromatic carbocycles. The van der Waals surface area contributed by atoms with Gasteiger partial charge in [-0.05, 0) is 63.9 Å². The number of hydrogen-bond donors (Lipinski definition) is 2. The van der Waals surface area contributed by atoms with Crippen molar-refractivity contribution in [3.8, 4) is 5.75 Å². The second-order valence-corrected chi connectivity index (χ2v) is 17.0. The Bertz CT molecular complexity index is 1250. The molecule has 3 N–H and O–H groups in total. The zero-order valence-electron chi connectivity index (χ0n) is 24.3. The van der Waals surface area contributed by atoms with Crippen molar-refractivity contribution < 1.29 is 14.0 Å². The molecule has 0 saturated carbocycles. The third-order valence-electron chi connectivity index (χ3n) is 7.85. The molecule has 0 saturated heterocycles. The number of fused-ring (bicyclic) bond motifs is 1. The van der Waals surface area contributed by atoms with Crippen molar-refractivity contribution in [2.24, 2.45) is 5.73 Å². The quantitative estimate of drug-likeness (QED) is 0.217. The van der Waals surface area contributed by atoms with Crippen LogP contribution in [-0.4, -0.2) is 31.2 Å². The first kappa shape index (κ1) is 29.5. The zero-order valence-corrected chi connectivity index (χ0v) is 25.3. The molecule has 1 aromatic heterocycles. The second-order valence-electron chi connectivity index (χ2n) is 11.6. The highest BCUT2D eigenvalue weighted by atomic mass is 28.4. The van der Waals surface area contributed by atoms with Crippen molar-refractivity contribution in [1.29, 1.82) is 0 Å². The average Bonchev–Trinajstić information content (AvgIpc) is 3.25. The Morgan fingerprint density at radius 2 is 1.61 bits per heavy atom. The molecule has 2 amide bonds. The van der Waals surface area contributed by atoms with E-state index in [0.717, 1.165) is 28.8 Å². The third-order valence-corrected chi connectivity index (χ3v) is 13.8. The molecule has 38 heavy (non-hydrogen) atoms. The molecule has 6 nitrogen and oxygen atoms in total. The largest absolute Gasteiger partial charge is 0.542 e. The molecule has 0 spiro atoms. The van der Waals surface area contributed by atoms with Crippen LogP contribution in [0.4, 0.5) is 0 Å². The van der Waals surface area contributed by atoms with E-state index in [1.807, 2.05) is 6.07 Å². The zero-order chi connectivity index (χ0) is 28.2. The number of nitrogens with one attached hydrogen (secondary N) is 1. The fourth-order valence-electron chi connectivity index (χ4n) is 6.02. The van der Waals surface area contributed by atoms with E-state index in [-0.39, 0.29) is 0 Å². The Hall–Kier alpha value is -3.06. The summed E-state index contributed by atoms with van der Waals surface area (Å²) in [6.45, 7) is 19.6. The van der Waals surface area contributed by atoms with Gasteiger partial charge in [-0.3, -0.25) is 9.59 Å². The molecule has 206 valence electrons. The molecule has 1 heterocycles. The van der Waals surface area contributed by atoms with Crippen molar-refractivity contribution in [2.75, 3.05) is 6.54 Å². The second kappa shape index (κ2) is 12.2. The monoisotopic (exact) mass is 535 g/mol. The van der Waals surface area contributed by atoms with Crippen molar-refractivity contribution in [3.63, 3.8) is 0 Å². The Morgan fingerprint density at radius 1 is 0.947 bits per heavy atom. The maximum absolute atomic E-state index is 11.5. The molecule has 3 aromatic rings. The maximum Gasteiger partial charge on any atom is 0.309 e. The van der Waals surface area contributed by atoms with Crippen molar-refractivity contribution in [3.05, 3.63) is 65.4 Å². The lowest BCUT2D eigenvalue weighted by molar-refractivity contribution is -0.137. The molecule has 0 radical (unpaired) electrons. The minimum atomic E-state index is -2.05. The van der Waals surface area contributed by atoms with Crippen LogP contribution in [0.1, 0.15) is 78.0 Å². The molecule has 0 bridgehead atoms. The van der Waals surface area contributed by atoms with Gasteiger partial charge in [0, 0.05) is 30.2 Å². The lowest BCUT2D eigenvalue weighted by atomic mass is 9.99. The minimum Gasteiger partial charge on any atom is -0.542 e. The molecule has 0 atom stereocenters. The van der Waals surface area contributed by atoms with Gasteiger partial charge in [0.05, 0.1) is 0 Å². The Morgan fingerprint density at radius 3 is 2.18 bits per heavy atom. The molecule has 0 aliphatic rings. The van der Waals surface area contributed by atoms with Gasteiger partial charge in [0.2, 0.25) is 0 Å². The van der Waals surface area contributed by atoms with Crippen LogP contribution in [0.15, 0.2) is 48.7 Å². The maximum atomic E-state index is 11.5. The molecular formula is C31H45N3O3Si. The standard InChI is InChI=1S/C31H45N3O3Si/c1-20(2)27-18-24(12-13-29(27)37-38(21(3)4,22(5)6)23(7)8)19-34-17-15-26-25(10-9-11-28(26)34)14-16-33-31(36)30(32)35/h9-13,15,17-18,20-23H,14,16,19H2,1-8H3,(H2,32,35)(H,33,36). The topological polar surface area (TPSA) is 86.4 Å². The number of amides is 2. The number of benzene rings is 2. The van der Waals surface area contributed by atoms with Crippen molar-refractivity contribution in [1.82, 2.24) is 9.88 Å². The summed E-state index contributed by atoms with van der Waals surface area (Å²) in [6.07, 6.45) is 2.74. The van der Waals surface area contributed by atoms with E-state index in [2.05, 4.69) is 108 Å². The van der Waals surface area contributed by atoms with E-state index in [1.165, 1.54) is 11.1 Å². The Balaban J connectivity index is 1.88. The molecule has 0 aliphatic carbocycles. The van der Waals surface area contributed by atoms with Gasteiger partial charge >= 0.3 is 11.8 Å². The lowest BCUT2D eigenvalue weighted by Crippen LogP contribution is -2.50. The van der Waals surface area contributed by atoms with Gasteiger partial charge in [0.1, 0.15) is 5.75 Å². The summed E-state index contributed by atoms with van der Waals surface area (Å²) in [5.74, 6) is -0.314. The minimum absolute atomic E-state index is 0.353. The van der Waals surface area contributed by atoms with Crippen molar-refractivity contribution >= 4 is 31.0 Å². The summed E-state index contributed by atoms with van der Waals surface area (Å²) in [7, 11) is -2.05. The van der Waals surface area contributed by atoms with Crippen LogP contribution in [0.3, 0.4) is 0 Å². The first-order valence-electron chi connectivity index (χ1n) is 13.8. The molecule has 0 fully saturated rings. The third kappa shape index (κ3) is 6.15. The van der Waals surface area contributed by atoms with Crippen LogP contribution in [0.2, 0.25) is 16.6 Å². The first-order chi connectivity index (χ1) is 17.9. The van der Waals surface area contributed by atoms with E-state index in [4.69, 9.17) is 10.2 Å². The fraction of sp³-hybridized carbons (Fsp3) is 0.484. The number of nitrogens with two attached hydrogens (primary N) is 1. The van der Waals surface area contributed by atoms with E-state index in [0.29, 0.717) is 35.5 Å². The van der Waals surface area contributed by atoms with Crippen molar-refractivity contribution in [2.45, 2.75) is 90.9 Å². The van der Waals surface area contributed by atoms with E-state index in [9.17, 15) is 9.59 Å². The van der Waals surface area contributed by atoms with Crippen LogP contribution in [-0.2, 0) is 22.6 Å². The van der Waals surface area contributed by atoms with Gasteiger partial charge in [0.15, 0.2) is 0 Å². The van der Waals surface area contributed by atoms with Crippen LogP contribution in [0, 0.1) is 0 Å². The summed E-state index contributed by atoms with van der Waals surface area (Å²) < 4.78 is 9.36. The number of carbonyl (C=O) groups is 2. The number of rotatable bonds is 11. The Kier molecular flexibility index (Phi) is 9.47. The fourth-order valence-corrected chi connectivity index (χ4v) is 11.3. The number of hydrogen-bond acceptors (Lipinski definition) is 3. The lowest BCUT2D eigenvalue weighted by Gasteiger charge is -2.43. The van der Waals surface area contributed by atoms with Gasteiger partial charge in [-0.25, -0.2) is 0 Å². The SMILES string of the molecule is CC(C)c1cc(Cn2ccc3c(CCNC(=O)C(N)=O)cccc32)ccc1O[Si](C(C)C)(C(C)C)C(C)C. The molecule has 7 heteroatoms. The number of nitrogens with zero attached hydrogens (tertiary/aromatic N) is 1. The normalized spacial score (nSPS) is 12.2. The Labute approximate surface area is 229 Å². The summed E-state index contributed by atoms with van der Waals surface area (Å²) >= 11 is 0. The smallest absolute Gasteiger partial charge is 0.309 e. The molecular weight excluding hydrogens is 490 g/mol. The van der Waals surface area contributed by atoms with Gasteiger partial charge in [0.25, 0.3) is 8.32 Å². The van der Waals surface area contributed by atoms with Gasteiger partial charge in [-0.15, -0.1) is 0 Å². The molecule has 0 aliphatic heterocycles. The summed E-state index contributed by atoms with van der Waals surface area (Å²) in [5.41, 5.74) is 11.4.